The van der Waals surface area contributed by atoms with Crippen LogP contribution in [0, 0.1) is 11.8 Å². The standard InChI is InChI=1S/C13H20FNO/c1-9(2)12(8-15)13(14)10-4-6-11(16-3)7-5-10/h4-7,9,12-13H,8,15H2,1-3H3. The highest BCUT2D eigenvalue weighted by Crippen LogP contribution is 2.31. The summed E-state index contributed by atoms with van der Waals surface area (Å²) >= 11 is 0. The Hall–Kier alpha value is -1.09. The van der Waals surface area contributed by atoms with Crippen LogP contribution >= 0.6 is 0 Å². The second kappa shape index (κ2) is 5.85. The van der Waals surface area contributed by atoms with Crippen LogP contribution in [0.2, 0.25) is 0 Å². The zero-order valence-corrected chi connectivity index (χ0v) is 10.1. The second-order valence-electron chi connectivity index (χ2n) is 4.32. The lowest BCUT2D eigenvalue weighted by Gasteiger charge is -2.23. The quantitative estimate of drug-likeness (QED) is 0.836. The van der Waals surface area contributed by atoms with Crippen molar-refractivity contribution in [1.82, 2.24) is 0 Å². The van der Waals surface area contributed by atoms with Crippen LogP contribution in [0.3, 0.4) is 0 Å². The third-order valence-electron chi connectivity index (χ3n) is 2.94. The number of benzene rings is 1. The van der Waals surface area contributed by atoms with Crippen molar-refractivity contribution >= 4 is 0 Å². The first-order chi connectivity index (χ1) is 7.60. The predicted molar refractivity (Wildman–Crippen MR) is 64.2 cm³/mol. The molecule has 0 spiro atoms. The molecule has 2 N–H and O–H groups in total. The molecule has 1 rings (SSSR count). The molecule has 3 heteroatoms. The predicted octanol–water partition coefficient (Wildman–Crippen LogP) is 2.94. The normalized spacial score (nSPS) is 14.9. The number of rotatable bonds is 5. The Morgan fingerprint density at radius 3 is 2.19 bits per heavy atom. The molecule has 0 bridgehead atoms. The topological polar surface area (TPSA) is 35.2 Å². The Labute approximate surface area is 96.6 Å². The van der Waals surface area contributed by atoms with E-state index in [1.54, 1.807) is 31.4 Å². The molecular formula is C13H20FNO. The zero-order valence-electron chi connectivity index (χ0n) is 10.1. The van der Waals surface area contributed by atoms with Gasteiger partial charge in [0, 0.05) is 5.92 Å². The molecular weight excluding hydrogens is 205 g/mol. The Bertz CT molecular complexity index is 310. The molecule has 0 radical (unpaired) electrons. The minimum atomic E-state index is -1.00. The minimum absolute atomic E-state index is 0.131. The van der Waals surface area contributed by atoms with Gasteiger partial charge < -0.3 is 10.5 Å². The Morgan fingerprint density at radius 2 is 1.81 bits per heavy atom. The van der Waals surface area contributed by atoms with Crippen LogP contribution in [0.5, 0.6) is 5.75 Å². The van der Waals surface area contributed by atoms with Gasteiger partial charge in [-0.2, -0.15) is 0 Å². The highest BCUT2D eigenvalue weighted by Gasteiger charge is 2.24. The lowest BCUT2D eigenvalue weighted by atomic mass is 9.87. The van der Waals surface area contributed by atoms with E-state index in [2.05, 4.69) is 0 Å². The van der Waals surface area contributed by atoms with Gasteiger partial charge in [-0.05, 0) is 30.2 Å². The highest BCUT2D eigenvalue weighted by atomic mass is 19.1. The molecule has 0 saturated heterocycles. The van der Waals surface area contributed by atoms with Gasteiger partial charge in [-0.25, -0.2) is 4.39 Å². The molecule has 90 valence electrons. The van der Waals surface area contributed by atoms with E-state index in [-0.39, 0.29) is 11.8 Å². The fourth-order valence-corrected chi connectivity index (χ4v) is 1.76. The molecule has 16 heavy (non-hydrogen) atoms. The van der Waals surface area contributed by atoms with E-state index in [1.165, 1.54) is 0 Å². The smallest absolute Gasteiger partial charge is 0.129 e. The molecule has 0 saturated carbocycles. The summed E-state index contributed by atoms with van der Waals surface area (Å²) in [6.45, 7) is 4.35. The Morgan fingerprint density at radius 1 is 1.25 bits per heavy atom. The van der Waals surface area contributed by atoms with Crippen LogP contribution in [0.1, 0.15) is 25.6 Å². The van der Waals surface area contributed by atoms with Crippen LogP contribution in [0.15, 0.2) is 24.3 Å². The molecule has 0 aromatic heterocycles. The third kappa shape index (κ3) is 2.95. The van der Waals surface area contributed by atoms with E-state index in [0.29, 0.717) is 12.1 Å². The molecule has 0 aliphatic rings. The van der Waals surface area contributed by atoms with Crippen LogP contribution < -0.4 is 10.5 Å². The number of halogens is 1. The van der Waals surface area contributed by atoms with Gasteiger partial charge in [-0.1, -0.05) is 26.0 Å². The minimum Gasteiger partial charge on any atom is -0.497 e. The van der Waals surface area contributed by atoms with E-state index < -0.39 is 6.17 Å². The SMILES string of the molecule is COc1ccc(C(F)C(CN)C(C)C)cc1. The Balaban J connectivity index is 2.82. The molecule has 1 aromatic carbocycles. The summed E-state index contributed by atoms with van der Waals surface area (Å²) in [6.07, 6.45) is -1.00. The first-order valence-corrected chi connectivity index (χ1v) is 5.58. The molecule has 0 aliphatic heterocycles. The van der Waals surface area contributed by atoms with Gasteiger partial charge >= 0.3 is 0 Å². The summed E-state index contributed by atoms with van der Waals surface area (Å²) in [5.74, 6) is 0.847. The number of hydrogen-bond acceptors (Lipinski definition) is 2. The molecule has 1 aromatic rings. The molecule has 2 unspecified atom stereocenters. The summed E-state index contributed by atoms with van der Waals surface area (Å²) < 4.78 is 19.2. The molecule has 0 aliphatic carbocycles. The van der Waals surface area contributed by atoms with E-state index in [9.17, 15) is 4.39 Å². The van der Waals surface area contributed by atoms with E-state index >= 15 is 0 Å². The average Bonchev–Trinajstić information content (AvgIpc) is 2.29. The fraction of sp³-hybridized carbons (Fsp3) is 0.538. The number of nitrogens with two attached hydrogens (primary N) is 1. The van der Waals surface area contributed by atoms with Gasteiger partial charge in [0.25, 0.3) is 0 Å². The fourth-order valence-electron chi connectivity index (χ4n) is 1.76. The van der Waals surface area contributed by atoms with Gasteiger partial charge in [0.2, 0.25) is 0 Å². The summed E-state index contributed by atoms with van der Waals surface area (Å²) in [6, 6.07) is 7.06. The van der Waals surface area contributed by atoms with Crippen LogP contribution in [0.25, 0.3) is 0 Å². The van der Waals surface area contributed by atoms with Gasteiger partial charge in [-0.3, -0.25) is 0 Å². The first kappa shape index (κ1) is 13.0. The highest BCUT2D eigenvalue weighted by molar-refractivity contribution is 5.28. The maximum Gasteiger partial charge on any atom is 0.129 e. The van der Waals surface area contributed by atoms with Gasteiger partial charge in [0.1, 0.15) is 11.9 Å². The van der Waals surface area contributed by atoms with Gasteiger partial charge in [0.15, 0.2) is 0 Å². The third-order valence-corrected chi connectivity index (χ3v) is 2.94. The maximum atomic E-state index is 14.2. The monoisotopic (exact) mass is 225 g/mol. The van der Waals surface area contributed by atoms with E-state index in [1.807, 2.05) is 13.8 Å². The number of hydrogen-bond donors (Lipinski definition) is 1. The van der Waals surface area contributed by atoms with Gasteiger partial charge in [-0.15, -0.1) is 0 Å². The van der Waals surface area contributed by atoms with Crippen LogP contribution in [-0.2, 0) is 0 Å². The van der Waals surface area contributed by atoms with Crippen molar-refractivity contribution in [2.24, 2.45) is 17.6 Å². The van der Waals surface area contributed by atoms with Crippen molar-refractivity contribution in [2.75, 3.05) is 13.7 Å². The van der Waals surface area contributed by atoms with Crippen LogP contribution in [-0.4, -0.2) is 13.7 Å². The van der Waals surface area contributed by atoms with E-state index in [4.69, 9.17) is 10.5 Å². The second-order valence-corrected chi connectivity index (χ2v) is 4.32. The lowest BCUT2D eigenvalue weighted by Crippen LogP contribution is -2.24. The Kier molecular flexibility index (Phi) is 4.74. The van der Waals surface area contributed by atoms with Crippen molar-refractivity contribution in [1.29, 1.82) is 0 Å². The van der Waals surface area contributed by atoms with Crippen molar-refractivity contribution in [3.05, 3.63) is 29.8 Å². The summed E-state index contributed by atoms with van der Waals surface area (Å²) in [4.78, 5) is 0. The van der Waals surface area contributed by atoms with Crippen molar-refractivity contribution < 1.29 is 9.13 Å². The molecule has 0 heterocycles. The molecule has 2 nitrogen and oxygen atoms in total. The first-order valence-electron chi connectivity index (χ1n) is 5.58. The average molecular weight is 225 g/mol. The lowest BCUT2D eigenvalue weighted by molar-refractivity contribution is 0.188. The summed E-state index contributed by atoms with van der Waals surface area (Å²) in [7, 11) is 1.60. The number of methoxy groups -OCH3 is 1. The van der Waals surface area contributed by atoms with Crippen molar-refractivity contribution in [3.63, 3.8) is 0 Å². The van der Waals surface area contributed by atoms with Crippen molar-refractivity contribution in [2.45, 2.75) is 20.0 Å². The molecule has 2 atom stereocenters. The largest absolute Gasteiger partial charge is 0.497 e. The molecule has 0 fully saturated rings. The van der Waals surface area contributed by atoms with Crippen LogP contribution in [0.4, 0.5) is 4.39 Å². The number of alkyl halides is 1. The summed E-state index contributed by atoms with van der Waals surface area (Å²) in [5.41, 5.74) is 6.27. The summed E-state index contributed by atoms with van der Waals surface area (Å²) in [5, 5.41) is 0. The zero-order chi connectivity index (χ0) is 12.1. The maximum absolute atomic E-state index is 14.2. The van der Waals surface area contributed by atoms with Crippen molar-refractivity contribution in [3.8, 4) is 5.75 Å². The molecule has 0 amide bonds. The van der Waals surface area contributed by atoms with E-state index in [0.717, 1.165) is 5.75 Å². The van der Waals surface area contributed by atoms with Gasteiger partial charge in [0.05, 0.1) is 7.11 Å². The number of ether oxygens (including phenoxy) is 1.